The van der Waals surface area contributed by atoms with Crippen LogP contribution in [0.25, 0.3) is 0 Å². The number of ether oxygens (including phenoxy) is 1. The van der Waals surface area contributed by atoms with E-state index in [1.165, 1.54) is 19.3 Å². The minimum absolute atomic E-state index is 0.0190. The van der Waals surface area contributed by atoms with Crippen LogP contribution in [0.3, 0.4) is 0 Å². The first-order valence-electron chi connectivity index (χ1n) is 7.55. The second kappa shape index (κ2) is 6.52. The van der Waals surface area contributed by atoms with Gasteiger partial charge >= 0.3 is 6.03 Å². The van der Waals surface area contributed by atoms with E-state index in [-0.39, 0.29) is 12.1 Å². The quantitative estimate of drug-likeness (QED) is 0.934. The van der Waals surface area contributed by atoms with E-state index in [2.05, 4.69) is 10.3 Å². The summed E-state index contributed by atoms with van der Waals surface area (Å²) in [5, 5.41) is 3.61. The maximum Gasteiger partial charge on any atom is 0.317 e. The third kappa shape index (κ3) is 3.59. The van der Waals surface area contributed by atoms with Crippen molar-refractivity contribution in [1.29, 1.82) is 0 Å². The smallest absolute Gasteiger partial charge is 0.317 e. The number of hydrogen-bond donors (Lipinski definition) is 1. The molecule has 0 aromatic carbocycles. The van der Waals surface area contributed by atoms with Crippen molar-refractivity contribution in [2.24, 2.45) is 0 Å². The molecule has 0 unspecified atom stereocenters. The molecule has 114 valence electrons. The molecule has 21 heavy (non-hydrogen) atoms. The fourth-order valence-electron chi connectivity index (χ4n) is 2.81. The fraction of sp³-hybridized carbons (Fsp3) is 0.600. The van der Waals surface area contributed by atoms with Gasteiger partial charge in [-0.25, -0.2) is 9.78 Å². The van der Waals surface area contributed by atoms with Crippen molar-refractivity contribution in [3.8, 4) is 5.88 Å². The summed E-state index contributed by atoms with van der Waals surface area (Å²) < 4.78 is 5.69. The van der Waals surface area contributed by atoms with Crippen molar-refractivity contribution in [1.82, 2.24) is 15.2 Å². The Bertz CT molecular complexity index is 499. The summed E-state index contributed by atoms with van der Waals surface area (Å²) in [4.78, 5) is 17.9. The molecular weight excluding hydrogens is 290 g/mol. The zero-order valence-corrected chi connectivity index (χ0v) is 12.7. The van der Waals surface area contributed by atoms with Crippen molar-refractivity contribution in [2.75, 3.05) is 13.1 Å². The summed E-state index contributed by atoms with van der Waals surface area (Å²) in [6.07, 6.45) is 7.55. The minimum Gasteiger partial charge on any atom is -0.470 e. The van der Waals surface area contributed by atoms with E-state index in [0.29, 0.717) is 30.0 Å². The Balaban J connectivity index is 1.43. The van der Waals surface area contributed by atoms with Gasteiger partial charge in [0.2, 0.25) is 5.88 Å². The van der Waals surface area contributed by atoms with Crippen molar-refractivity contribution < 1.29 is 9.53 Å². The summed E-state index contributed by atoms with van der Waals surface area (Å²) in [7, 11) is 0. The number of nitrogens with zero attached hydrogens (tertiary/aromatic N) is 2. The van der Waals surface area contributed by atoms with Crippen LogP contribution in [-0.2, 0) is 0 Å². The van der Waals surface area contributed by atoms with E-state index in [9.17, 15) is 4.79 Å². The van der Waals surface area contributed by atoms with Gasteiger partial charge in [0.15, 0.2) is 0 Å². The number of halogens is 1. The largest absolute Gasteiger partial charge is 0.470 e. The highest BCUT2D eigenvalue weighted by Gasteiger charge is 2.33. The maximum atomic E-state index is 12.1. The van der Waals surface area contributed by atoms with Gasteiger partial charge in [-0.1, -0.05) is 30.9 Å². The molecule has 1 saturated heterocycles. The van der Waals surface area contributed by atoms with E-state index in [4.69, 9.17) is 16.3 Å². The predicted octanol–water partition coefficient (Wildman–Crippen LogP) is 2.84. The second-order valence-electron chi connectivity index (χ2n) is 5.72. The van der Waals surface area contributed by atoms with Crippen molar-refractivity contribution >= 4 is 17.6 Å². The van der Waals surface area contributed by atoms with Crippen molar-refractivity contribution in [3.05, 3.63) is 23.4 Å². The molecule has 1 aliphatic heterocycles. The maximum absolute atomic E-state index is 12.1. The lowest BCUT2D eigenvalue weighted by molar-refractivity contribution is 0.0400. The molecule has 6 heteroatoms. The van der Waals surface area contributed by atoms with Gasteiger partial charge in [0.1, 0.15) is 11.1 Å². The van der Waals surface area contributed by atoms with Crippen LogP contribution in [0.1, 0.15) is 32.1 Å². The summed E-state index contributed by atoms with van der Waals surface area (Å²) in [6, 6.07) is 3.88. The molecule has 1 N–H and O–H groups in total. The van der Waals surface area contributed by atoms with Gasteiger partial charge in [-0.15, -0.1) is 0 Å². The normalized spacial score (nSPS) is 20.0. The van der Waals surface area contributed by atoms with E-state index in [1.54, 1.807) is 23.2 Å². The lowest BCUT2D eigenvalue weighted by Gasteiger charge is -2.39. The Morgan fingerprint density at radius 1 is 1.33 bits per heavy atom. The Labute approximate surface area is 129 Å². The molecule has 1 aromatic rings. The zero-order valence-electron chi connectivity index (χ0n) is 11.9. The molecule has 3 rings (SSSR count). The van der Waals surface area contributed by atoms with E-state index >= 15 is 0 Å². The average Bonchev–Trinajstić information content (AvgIpc) is 2.45. The molecule has 2 aliphatic rings. The Kier molecular flexibility index (Phi) is 4.48. The fourth-order valence-corrected chi connectivity index (χ4v) is 2.97. The van der Waals surface area contributed by atoms with E-state index in [1.807, 2.05) is 0 Å². The van der Waals surface area contributed by atoms with Crippen LogP contribution >= 0.6 is 11.6 Å². The van der Waals surface area contributed by atoms with Crippen LogP contribution in [0.5, 0.6) is 5.88 Å². The summed E-state index contributed by atoms with van der Waals surface area (Å²) in [6.45, 7) is 1.18. The summed E-state index contributed by atoms with van der Waals surface area (Å²) in [5.41, 5.74) is 0. The number of carbonyl (C=O) groups excluding carboxylic acids is 1. The number of likely N-dealkylation sites (tertiary alicyclic amines) is 1. The van der Waals surface area contributed by atoms with Crippen LogP contribution in [0, 0.1) is 0 Å². The number of urea groups is 1. The second-order valence-corrected chi connectivity index (χ2v) is 6.13. The van der Waals surface area contributed by atoms with Gasteiger partial charge < -0.3 is 15.0 Å². The molecule has 0 radical (unpaired) electrons. The molecule has 1 aliphatic carbocycles. The molecule has 2 heterocycles. The van der Waals surface area contributed by atoms with E-state index in [0.717, 1.165) is 12.8 Å². The first kappa shape index (κ1) is 14.4. The summed E-state index contributed by atoms with van der Waals surface area (Å²) in [5.74, 6) is 0.441. The number of rotatable bonds is 3. The topological polar surface area (TPSA) is 54.5 Å². The van der Waals surface area contributed by atoms with Gasteiger partial charge in [0.05, 0.1) is 13.1 Å². The van der Waals surface area contributed by atoms with Gasteiger partial charge in [0.25, 0.3) is 0 Å². The van der Waals surface area contributed by atoms with Crippen LogP contribution in [0.2, 0.25) is 5.02 Å². The van der Waals surface area contributed by atoms with Crippen molar-refractivity contribution in [2.45, 2.75) is 44.2 Å². The predicted molar refractivity (Wildman–Crippen MR) is 80.6 cm³/mol. The number of pyridine rings is 1. The highest BCUT2D eigenvalue weighted by atomic mass is 35.5. The minimum atomic E-state index is -0.0190. The number of nitrogens with one attached hydrogen (secondary N) is 1. The first-order valence-corrected chi connectivity index (χ1v) is 7.93. The molecule has 0 bridgehead atoms. The molecule has 0 spiro atoms. The van der Waals surface area contributed by atoms with Gasteiger partial charge in [0, 0.05) is 12.2 Å². The Morgan fingerprint density at radius 2 is 2.10 bits per heavy atom. The van der Waals surface area contributed by atoms with Crippen LogP contribution in [0.4, 0.5) is 4.79 Å². The number of hydrogen-bond acceptors (Lipinski definition) is 3. The molecule has 0 atom stereocenters. The van der Waals surface area contributed by atoms with Crippen molar-refractivity contribution in [3.63, 3.8) is 0 Å². The van der Waals surface area contributed by atoms with Crippen LogP contribution in [-0.4, -0.2) is 41.2 Å². The highest BCUT2D eigenvalue weighted by molar-refractivity contribution is 6.31. The van der Waals surface area contributed by atoms with Gasteiger partial charge in [-0.2, -0.15) is 0 Å². The SMILES string of the molecule is O=C(NC1CCCCC1)N1CC(Oc2ncccc2Cl)C1. The van der Waals surface area contributed by atoms with E-state index < -0.39 is 0 Å². The van der Waals surface area contributed by atoms with Crippen LogP contribution in [0.15, 0.2) is 18.3 Å². The van der Waals surface area contributed by atoms with Gasteiger partial charge in [-0.05, 0) is 25.0 Å². The molecular formula is C15H20ClN3O2. The lowest BCUT2D eigenvalue weighted by Crippen LogP contribution is -2.60. The molecule has 1 saturated carbocycles. The summed E-state index contributed by atoms with van der Waals surface area (Å²) >= 11 is 6.00. The van der Waals surface area contributed by atoms with Crippen LogP contribution < -0.4 is 10.1 Å². The number of amides is 2. The molecule has 2 fully saturated rings. The Morgan fingerprint density at radius 3 is 2.81 bits per heavy atom. The first-order chi connectivity index (χ1) is 10.2. The standard InChI is InChI=1S/C15H20ClN3O2/c16-13-7-4-8-17-14(13)21-12-9-19(10-12)15(20)18-11-5-2-1-3-6-11/h4,7-8,11-12H,1-3,5-6,9-10H2,(H,18,20). The monoisotopic (exact) mass is 309 g/mol. The third-order valence-corrected chi connectivity index (χ3v) is 4.36. The third-order valence-electron chi connectivity index (χ3n) is 4.07. The highest BCUT2D eigenvalue weighted by Crippen LogP contribution is 2.24. The zero-order chi connectivity index (χ0) is 14.7. The lowest BCUT2D eigenvalue weighted by atomic mass is 9.95. The van der Waals surface area contributed by atoms with Gasteiger partial charge in [-0.3, -0.25) is 0 Å². The Hall–Kier alpha value is -1.49. The number of carbonyl (C=O) groups is 1. The average molecular weight is 310 g/mol. The molecule has 2 amide bonds. The molecule has 5 nitrogen and oxygen atoms in total. The number of aromatic nitrogens is 1. The molecule has 1 aromatic heterocycles.